The lowest BCUT2D eigenvalue weighted by Gasteiger charge is -2.41. The summed E-state index contributed by atoms with van der Waals surface area (Å²) in [5, 5.41) is 4.16. The Morgan fingerprint density at radius 3 is 2.58 bits per heavy atom. The van der Waals surface area contributed by atoms with E-state index in [1.807, 2.05) is 17.9 Å². The topological polar surface area (TPSA) is 84.5 Å². The van der Waals surface area contributed by atoms with Gasteiger partial charge in [0.25, 0.3) is 0 Å². The summed E-state index contributed by atoms with van der Waals surface area (Å²) in [4.78, 5) is 28.0. The Balaban J connectivity index is 1.66. The molecule has 7 nitrogen and oxygen atoms in total. The fraction of sp³-hybridized carbons (Fsp3) is 0.389. The Bertz CT molecular complexity index is 789. The van der Waals surface area contributed by atoms with E-state index in [2.05, 4.69) is 5.10 Å². The van der Waals surface area contributed by atoms with Gasteiger partial charge in [0.2, 0.25) is 11.8 Å². The average molecular weight is 359 g/mol. The summed E-state index contributed by atoms with van der Waals surface area (Å²) in [6.45, 7) is 3.63. The number of nitrogens with two attached hydrogens (primary N) is 1. The van der Waals surface area contributed by atoms with Gasteiger partial charge in [-0.05, 0) is 37.3 Å². The Kier molecular flexibility index (Phi) is 5.20. The standard InChI is InChI=1S/C18H22FN5O2/c1-13-6-8-21-24(13)9-7-17(25)23-11-10-22(12-16(23)18(20)26)15-4-2-14(19)3-5-15/h2-6,8,16H,7,9-12H2,1H3,(H2,20,26). The van der Waals surface area contributed by atoms with Crippen LogP contribution in [0.4, 0.5) is 10.1 Å². The molecule has 26 heavy (non-hydrogen) atoms. The lowest BCUT2D eigenvalue weighted by molar-refractivity contribution is -0.140. The number of halogens is 1. The number of hydrogen-bond acceptors (Lipinski definition) is 4. The second-order valence-corrected chi connectivity index (χ2v) is 6.37. The number of carbonyl (C=O) groups is 2. The Hall–Kier alpha value is -2.90. The van der Waals surface area contributed by atoms with Crippen molar-refractivity contribution in [3.63, 3.8) is 0 Å². The number of primary amides is 1. The predicted octanol–water partition coefficient (Wildman–Crippen LogP) is 0.923. The van der Waals surface area contributed by atoms with Crippen LogP contribution in [0.25, 0.3) is 0 Å². The molecule has 1 aliphatic rings. The summed E-state index contributed by atoms with van der Waals surface area (Å²) in [5.41, 5.74) is 7.32. The summed E-state index contributed by atoms with van der Waals surface area (Å²) in [6, 6.07) is 7.23. The minimum Gasteiger partial charge on any atom is -0.368 e. The molecule has 1 aromatic carbocycles. The lowest BCUT2D eigenvalue weighted by atomic mass is 10.1. The van der Waals surface area contributed by atoms with Gasteiger partial charge < -0.3 is 15.5 Å². The van der Waals surface area contributed by atoms with Gasteiger partial charge in [-0.2, -0.15) is 5.10 Å². The maximum Gasteiger partial charge on any atom is 0.242 e. The van der Waals surface area contributed by atoms with Crippen LogP contribution in [0.15, 0.2) is 36.5 Å². The summed E-state index contributed by atoms with van der Waals surface area (Å²) in [5.74, 6) is -0.981. The number of aryl methyl sites for hydroxylation is 2. The van der Waals surface area contributed by atoms with Gasteiger partial charge in [-0.3, -0.25) is 14.3 Å². The molecular weight excluding hydrogens is 337 g/mol. The van der Waals surface area contributed by atoms with Crippen LogP contribution in [0.5, 0.6) is 0 Å². The second-order valence-electron chi connectivity index (χ2n) is 6.37. The normalized spacial score (nSPS) is 17.4. The van der Waals surface area contributed by atoms with E-state index >= 15 is 0 Å². The summed E-state index contributed by atoms with van der Waals surface area (Å²) in [6.07, 6.45) is 1.94. The molecule has 1 atom stereocenters. The Morgan fingerprint density at radius 1 is 1.23 bits per heavy atom. The van der Waals surface area contributed by atoms with Crippen molar-refractivity contribution in [2.45, 2.75) is 25.9 Å². The zero-order valence-corrected chi connectivity index (χ0v) is 14.6. The van der Waals surface area contributed by atoms with Crippen molar-refractivity contribution in [1.29, 1.82) is 0 Å². The first kappa shape index (κ1) is 17.9. The molecule has 3 rings (SSSR count). The van der Waals surface area contributed by atoms with Crippen LogP contribution < -0.4 is 10.6 Å². The van der Waals surface area contributed by atoms with Crippen molar-refractivity contribution in [3.05, 3.63) is 48.0 Å². The van der Waals surface area contributed by atoms with Crippen molar-refractivity contribution < 1.29 is 14.0 Å². The highest BCUT2D eigenvalue weighted by atomic mass is 19.1. The van der Waals surface area contributed by atoms with E-state index < -0.39 is 11.9 Å². The van der Waals surface area contributed by atoms with Crippen LogP contribution in [0.2, 0.25) is 0 Å². The Morgan fingerprint density at radius 2 is 1.96 bits per heavy atom. The molecule has 1 aliphatic heterocycles. The van der Waals surface area contributed by atoms with Crippen molar-refractivity contribution in [2.24, 2.45) is 5.73 Å². The molecule has 2 N–H and O–H groups in total. The minimum atomic E-state index is -0.708. The molecule has 2 amide bonds. The molecule has 1 saturated heterocycles. The molecule has 0 bridgehead atoms. The van der Waals surface area contributed by atoms with Gasteiger partial charge in [0.05, 0.1) is 0 Å². The fourth-order valence-electron chi connectivity index (χ4n) is 3.19. The van der Waals surface area contributed by atoms with Gasteiger partial charge in [0.1, 0.15) is 11.9 Å². The molecule has 1 unspecified atom stereocenters. The van der Waals surface area contributed by atoms with Gasteiger partial charge in [-0.1, -0.05) is 0 Å². The second kappa shape index (κ2) is 7.55. The number of rotatable bonds is 5. The third-order valence-electron chi connectivity index (χ3n) is 4.69. The largest absolute Gasteiger partial charge is 0.368 e. The fourth-order valence-corrected chi connectivity index (χ4v) is 3.19. The molecule has 2 aromatic rings. The van der Waals surface area contributed by atoms with E-state index in [9.17, 15) is 14.0 Å². The van der Waals surface area contributed by atoms with Crippen molar-refractivity contribution in [3.8, 4) is 0 Å². The molecule has 0 aliphatic carbocycles. The molecule has 1 fully saturated rings. The molecule has 0 radical (unpaired) electrons. The number of aromatic nitrogens is 2. The van der Waals surface area contributed by atoms with Crippen molar-refractivity contribution in [2.75, 3.05) is 24.5 Å². The van der Waals surface area contributed by atoms with Gasteiger partial charge in [0.15, 0.2) is 0 Å². The molecular formula is C18H22FN5O2. The maximum atomic E-state index is 13.1. The van der Waals surface area contributed by atoms with Crippen LogP contribution in [0, 0.1) is 12.7 Å². The molecule has 0 saturated carbocycles. The molecule has 1 aromatic heterocycles. The van der Waals surface area contributed by atoms with Gasteiger partial charge in [-0.15, -0.1) is 0 Å². The number of nitrogens with zero attached hydrogens (tertiary/aromatic N) is 4. The maximum absolute atomic E-state index is 13.1. The first-order valence-corrected chi connectivity index (χ1v) is 8.53. The first-order chi connectivity index (χ1) is 12.5. The third-order valence-corrected chi connectivity index (χ3v) is 4.69. The first-order valence-electron chi connectivity index (χ1n) is 8.53. The molecule has 138 valence electrons. The van der Waals surface area contributed by atoms with Gasteiger partial charge >= 0.3 is 0 Å². The van der Waals surface area contributed by atoms with E-state index in [4.69, 9.17) is 5.73 Å². The van der Waals surface area contributed by atoms with Crippen LogP contribution >= 0.6 is 0 Å². The number of amides is 2. The SMILES string of the molecule is Cc1ccnn1CCC(=O)N1CCN(c2ccc(F)cc2)CC1C(N)=O. The predicted molar refractivity (Wildman–Crippen MR) is 94.9 cm³/mol. The monoisotopic (exact) mass is 359 g/mol. The van der Waals surface area contributed by atoms with Gasteiger partial charge in [0, 0.05) is 50.2 Å². The summed E-state index contributed by atoms with van der Waals surface area (Å²) >= 11 is 0. The number of carbonyl (C=O) groups excluding carboxylic acids is 2. The molecule has 2 heterocycles. The highest BCUT2D eigenvalue weighted by molar-refractivity contribution is 5.87. The van der Waals surface area contributed by atoms with E-state index in [-0.39, 0.29) is 18.1 Å². The average Bonchev–Trinajstić information content (AvgIpc) is 3.04. The lowest BCUT2D eigenvalue weighted by Crippen LogP contribution is -2.60. The number of benzene rings is 1. The van der Waals surface area contributed by atoms with Crippen LogP contribution in [-0.2, 0) is 16.1 Å². The molecule has 0 spiro atoms. The van der Waals surface area contributed by atoms with E-state index in [1.54, 1.807) is 27.9 Å². The quantitative estimate of drug-likeness (QED) is 0.860. The van der Waals surface area contributed by atoms with E-state index in [0.717, 1.165) is 11.4 Å². The van der Waals surface area contributed by atoms with Crippen molar-refractivity contribution >= 4 is 17.5 Å². The number of piperazine rings is 1. The Labute approximate surface area is 151 Å². The van der Waals surface area contributed by atoms with Gasteiger partial charge in [-0.25, -0.2) is 4.39 Å². The smallest absolute Gasteiger partial charge is 0.242 e. The van der Waals surface area contributed by atoms with E-state index in [1.165, 1.54) is 12.1 Å². The summed E-state index contributed by atoms with van der Waals surface area (Å²) < 4.78 is 14.9. The van der Waals surface area contributed by atoms with Crippen molar-refractivity contribution in [1.82, 2.24) is 14.7 Å². The minimum absolute atomic E-state index is 0.123. The highest BCUT2D eigenvalue weighted by Gasteiger charge is 2.34. The number of hydrogen-bond donors (Lipinski definition) is 1. The van der Waals surface area contributed by atoms with E-state index in [0.29, 0.717) is 26.2 Å². The van der Waals surface area contributed by atoms with Crippen LogP contribution in [0.1, 0.15) is 12.1 Å². The zero-order valence-electron chi connectivity index (χ0n) is 14.6. The highest BCUT2D eigenvalue weighted by Crippen LogP contribution is 2.20. The van der Waals surface area contributed by atoms with Crippen LogP contribution in [-0.4, -0.2) is 52.2 Å². The van der Waals surface area contributed by atoms with Crippen LogP contribution in [0.3, 0.4) is 0 Å². The third kappa shape index (κ3) is 3.84. The molecule has 8 heteroatoms. The number of anilines is 1. The zero-order chi connectivity index (χ0) is 18.7. The summed E-state index contributed by atoms with van der Waals surface area (Å²) in [7, 11) is 0.